The van der Waals surface area contributed by atoms with Gasteiger partial charge in [0.1, 0.15) is 0 Å². The zero-order valence-electron chi connectivity index (χ0n) is 10.2. The van der Waals surface area contributed by atoms with Crippen LogP contribution < -0.4 is 5.32 Å². The Balaban J connectivity index is 2.12. The minimum Gasteiger partial charge on any atom is -0.378 e. The maximum atomic E-state index is 5.72. The minimum absolute atomic E-state index is 0.503. The molecule has 2 atom stereocenters. The van der Waals surface area contributed by atoms with Crippen LogP contribution in [0.25, 0.3) is 0 Å². The normalized spacial score (nSPS) is 27.3. The third-order valence-electron chi connectivity index (χ3n) is 2.96. The Bertz CT molecular complexity index is 177. The van der Waals surface area contributed by atoms with Crippen LogP contribution in [-0.4, -0.2) is 25.3 Å². The van der Waals surface area contributed by atoms with E-state index in [0.717, 1.165) is 19.6 Å². The molecule has 0 bridgehead atoms. The molecule has 0 saturated carbocycles. The van der Waals surface area contributed by atoms with E-state index < -0.39 is 0 Å². The summed E-state index contributed by atoms with van der Waals surface area (Å²) in [4.78, 5) is 0. The van der Waals surface area contributed by atoms with Gasteiger partial charge >= 0.3 is 0 Å². The first kappa shape index (κ1) is 12.7. The Morgan fingerprint density at radius 1 is 1.47 bits per heavy atom. The van der Waals surface area contributed by atoms with Crippen molar-refractivity contribution in [3.05, 3.63) is 12.2 Å². The van der Waals surface area contributed by atoms with Gasteiger partial charge < -0.3 is 10.1 Å². The van der Waals surface area contributed by atoms with E-state index in [4.69, 9.17) is 4.74 Å². The van der Waals surface area contributed by atoms with E-state index in [1.54, 1.807) is 0 Å². The number of allylic oxidation sites excluding steroid dienone is 1. The molecule has 0 aromatic carbocycles. The largest absolute Gasteiger partial charge is 0.378 e. The lowest BCUT2D eigenvalue weighted by Gasteiger charge is -2.30. The molecule has 1 rings (SSSR count). The second-order valence-corrected chi connectivity index (χ2v) is 4.31. The number of hydrogen-bond acceptors (Lipinski definition) is 2. The van der Waals surface area contributed by atoms with Gasteiger partial charge in [0.15, 0.2) is 0 Å². The quantitative estimate of drug-likeness (QED) is 0.539. The number of rotatable bonds is 6. The highest BCUT2D eigenvalue weighted by Gasteiger charge is 2.20. The molecule has 1 aliphatic rings. The van der Waals surface area contributed by atoms with E-state index in [2.05, 4.69) is 31.3 Å². The molecule has 0 aromatic rings. The molecule has 0 spiro atoms. The molecule has 0 amide bonds. The van der Waals surface area contributed by atoms with Crippen molar-refractivity contribution in [2.75, 3.05) is 13.2 Å². The first-order chi connectivity index (χ1) is 7.36. The van der Waals surface area contributed by atoms with Gasteiger partial charge in [-0.2, -0.15) is 0 Å². The Morgan fingerprint density at radius 2 is 2.33 bits per heavy atom. The van der Waals surface area contributed by atoms with Crippen LogP contribution in [0, 0.1) is 0 Å². The molecular weight excluding hydrogens is 186 g/mol. The van der Waals surface area contributed by atoms with Crippen molar-refractivity contribution in [1.82, 2.24) is 5.32 Å². The first-order valence-electron chi connectivity index (χ1n) is 6.33. The van der Waals surface area contributed by atoms with E-state index in [-0.39, 0.29) is 0 Å². The predicted molar refractivity (Wildman–Crippen MR) is 65.1 cm³/mol. The summed E-state index contributed by atoms with van der Waals surface area (Å²) < 4.78 is 5.72. The number of ether oxygens (including phenoxy) is 1. The van der Waals surface area contributed by atoms with Crippen LogP contribution in [0.1, 0.15) is 46.0 Å². The summed E-state index contributed by atoms with van der Waals surface area (Å²) >= 11 is 0. The second kappa shape index (κ2) is 7.89. The summed E-state index contributed by atoms with van der Waals surface area (Å²) in [7, 11) is 0. The van der Waals surface area contributed by atoms with E-state index in [1.807, 2.05) is 0 Å². The average Bonchev–Trinajstić information content (AvgIpc) is 2.26. The summed E-state index contributed by atoms with van der Waals surface area (Å²) in [5.41, 5.74) is 0. The number of hydrogen-bond donors (Lipinski definition) is 1. The van der Waals surface area contributed by atoms with Crippen LogP contribution in [-0.2, 0) is 4.74 Å². The van der Waals surface area contributed by atoms with Crippen LogP contribution in [0.15, 0.2) is 12.2 Å². The van der Waals surface area contributed by atoms with Gasteiger partial charge in [-0.3, -0.25) is 0 Å². The molecule has 1 aliphatic heterocycles. The van der Waals surface area contributed by atoms with Crippen molar-refractivity contribution >= 4 is 0 Å². The van der Waals surface area contributed by atoms with Crippen LogP contribution in [0.4, 0.5) is 0 Å². The van der Waals surface area contributed by atoms with Gasteiger partial charge in [-0.05, 0) is 39.2 Å². The van der Waals surface area contributed by atoms with Crippen LogP contribution in [0.2, 0.25) is 0 Å². The molecule has 1 fully saturated rings. The maximum absolute atomic E-state index is 5.72. The van der Waals surface area contributed by atoms with Gasteiger partial charge in [0.25, 0.3) is 0 Å². The van der Waals surface area contributed by atoms with E-state index in [1.165, 1.54) is 25.7 Å². The molecule has 1 N–H and O–H groups in total. The molecule has 88 valence electrons. The van der Waals surface area contributed by atoms with Crippen molar-refractivity contribution in [2.45, 2.75) is 58.1 Å². The SMILES string of the molecule is C/C=C/CCNC1CCOC(CCC)C1. The molecule has 2 heteroatoms. The Kier molecular flexibility index (Phi) is 6.69. The van der Waals surface area contributed by atoms with Gasteiger partial charge in [0, 0.05) is 12.6 Å². The average molecular weight is 211 g/mol. The van der Waals surface area contributed by atoms with Crippen LogP contribution >= 0.6 is 0 Å². The second-order valence-electron chi connectivity index (χ2n) is 4.31. The third kappa shape index (κ3) is 5.33. The van der Waals surface area contributed by atoms with Crippen molar-refractivity contribution in [3.8, 4) is 0 Å². The smallest absolute Gasteiger partial charge is 0.0589 e. The molecule has 0 aliphatic carbocycles. The summed E-state index contributed by atoms with van der Waals surface area (Å²) in [5.74, 6) is 0. The van der Waals surface area contributed by atoms with Gasteiger partial charge in [-0.15, -0.1) is 0 Å². The molecule has 0 radical (unpaired) electrons. The van der Waals surface area contributed by atoms with Crippen LogP contribution in [0.5, 0.6) is 0 Å². The minimum atomic E-state index is 0.503. The van der Waals surface area contributed by atoms with Crippen molar-refractivity contribution in [2.24, 2.45) is 0 Å². The van der Waals surface area contributed by atoms with Gasteiger partial charge in [-0.1, -0.05) is 25.5 Å². The molecule has 2 unspecified atom stereocenters. The van der Waals surface area contributed by atoms with E-state index in [0.29, 0.717) is 12.1 Å². The zero-order chi connectivity index (χ0) is 10.9. The molecule has 1 heterocycles. The monoisotopic (exact) mass is 211 g/mol. The van der Waals surface area contributed by atoms with Crippen molar-refractivity contribution in [3.63, 3.8) is 0 Å². The molecule has 15 heavy (non-hydrogen) atoms. The fraction of sp³-hybridized carbons (Fsp3) is 0.846. The topological polar surface area (TPSA) is 21.3 Å². The lowest BCUT2D eigenvalue weighted by atomic mass is 10.00. The maximum Gasteiger partial charge on any atom is 0.0589 e. The van der Waals surface area contributed by atoms with E-state index in [9.17, 15) is 0 Å². The standard InChI is InChI=1S/C13H25NO/c1-3-5-6-9-14-12-8-10-15-13(11-12)7-4-2/h3,5,12-14H,4,6-11H2,1-2H3/b5-3+. The van der Waals surface area contributed by atoms with E-state index >= 15 is 0 Å². The Morgan fingerprint density at radius 3 is 3.07 bits per heavy atom. The highest BCUT2D eigenvalue weighted by atomic mass is 16.5. The van der Waals surface area contributed by atoms with Crippen molar-refractivity contribution in [1.29, 1.82) is 0 Å². The van der Waals surface area contributed by atoms with Crippen LogP contribution in [0.3, 0.4) is 0 Å². The molecule has 0 aromatic heterocycles. The fourth-order valence-electron chi connectivity index (χ4n) is 2.13. The summed E-state index contributed by atoms with van der Waals surface area (Å²) in [6, 6.07) is 0.681. The van der Waals surface area contributed by atoms with Gasteiger partial charge in [0.05, 0.1) is 6.10 Å². The Labute approximate surface area is 94.1 Å². The lowest BCUT2D eigenvalue weighted by Crippen LogP contribution is -2.39. The summed E-state index contributed by atoms with van der Waals surface area (Å²) in [6.07, 6.45) is 10.8. The lowest BCUT2D eigenvalue weighted by molar-refractivity contribution is -0.00297. The molecule has 2 nitrogen and oxygen atoms in total. The first-order valence-corrected chi connectivity index (χ1v) is 6.33. The third-order valence-corrected chi connectivity index (χ3v) is 2.96. The Hall–Kier alpha value is -0.340. The van der Waals surface area contributed by atoms with Gasteiger partial charge in [-0.25, -0.2) is 0 Å². The fourth-order valence-corrected chi connectivity index (χ4v) is 2.13. The zero-order valence-corrected chi connectivity index (χ0v) is 10.2. The highest BCUT2D eigenvalue weighted by Crippen LogP contribution is 2.17. The molecular formula is C13H25NO. The summed E-state index contributed by atoms with van der Waals surface area (Å²) in [5, 5.41) is 3.61. The predicted octanol–water partition coefficient (Wildman–Crippen LogP) is 2.89. The van der Waals surface area contributed by atoms with Crippen molar-refractivity contribution < 1.29 is 4.74 Å². The molecule has 1 saturated heterocycles. The highest BCUT2D eigenvalue weighted by molar-refractivity contribution is 4.81. The number of nitrogens with one attached hydrogen (secondary N) is 1. The van der Waals surface area contributed by atoms with Gasteiger partial charge in [0.2, 0.25) is 0 Å². The summed E-state index contributed by atoms with van der Waals surface area (Å²) in [6.45, 7) is 6.35.